The van der Waals surface area contributed by atoms with E-state index >= 15 is 0 Å². The number of carbonyl (C=O) groups is 1. The van der Waals surface area contributed by atoms with Crippen LogP contribution in [0.2, 0.25) is 0 Å². The maximum absolute atomic E-state index is 12.9. The number of carbonyl (C=O) groups excluding carboxylic acids is 1. The topological polar surface area (TPSA) is 54.0 Å². The summed E-state index contributed by atoms with van der Waals surface area (Å²) in [6.45, 7) is 6.71. The predicted molar refractivity (Wildman–Crippen MR) is 78.2 cm³/mol. The van der Waals surface area contributed by atoms with Crippen LogP contribution in [0, 0.1) is 11.8 Å². The maximum atomic E-state index is 12.9. The van der Waals surface area contributed by atoms with Crippen LogP contribution in [-0.2, 0) is 15.9 Å². The van der Waals surface area contributed by atoms with Crippen LogP contribution in [-0.4, -0.2) is 31.1 Å². The highest BCUT2D eigenvalue weighted by molar-refractivity contribution is 6.01. The van der Waals surface area contributed by atoms with E-state index in [0.29, 0.717) is 12.4 Å². The Bertz CT molecular complexity index is 631. The Labute approximate surface area is 129 Å². The Morgan fingerprint density at radius 3 is 2.64 bits per heavy atom. The fourth-order valence-electron chi connectivity index (χ4n) is 3.47. The number of benzene rings is 1. The molecule has 2 heterocycles. The van der Waals surface area contributed by atoms with E-state index in [1.807, 2.05) is 32.9 Å². The molecule has 1 fully saturated rings. The summed E-state index contributed by atoms with van der Waals surface area (Å²) in [5.41, 5.74) is 1.41. The lowest BCUT2D eigenvalue weighted by Crippen LogP contribution is -2.39. The second kappa shape index (κ2) is 4.70. The van der Waals surface area contributed by atoms with E-state index in [1.165, 1.54) is 0 Å². The van der Waals surface area contributed by atoms with Gasteiger partial charge in [0, 0.05) is 11.5 Å². The van der Waals surface area contributed by atoms with Gasteiger partial charge in [-0.15, -0.1) is 0 Å². The van der Waals surface area contributed by atoms with Crippen molar-refractivity contribution >= 4 is 5.78 Å². The van der Waals surface area contributed by atoms with Gasteiger partial charge in [0.05, 0.1) is 18.1 Å². The standard InChI is InChI=1S/C17H20O5/c1-17(2,3)22-16-14-10(7-19-16)4-9-5-12-13(21-8-20-12)6-11(9)15(14)18/h5-6,10,14,16H,4,7-8H2,1-3H3/t10-,14-,16-/m0/s1. The highest BCUT2D eigenvalue weighted by Crippen LogP contribution is 2.44. The molecular weight excluding hydrogens is 284 g/mol. The minimum absolute atomic E-state index is 0.0938. The summed E-state index contributed by atoms with van der Waals surface area (Å²) in [5.74, 6) is 1.42. The number of ether oxygens (including phenoxy) is 4. The highest BCUT2D eigenvalue weighted by Gasteiger charge is 2.48. The summed E-state index contributed by atoms with van der Waals surface area (Å²) in [4.78, 5) is 12.9. The zero-order chi connectivity index (χ0) is 15.5. The Kier molecular flexibility index (Phi) is 3.00. The van der Waals surface area contributed by atoms with E-state index in [1.54, 1.807) is 0 Å². The van der Waals surface area contributed by atoms with Crippen LogP contribution in [0.3, 0.4) is 0 Å². The molecule has 22 heavy (non-hydrogen) atoms. The van der Waals surface area contributed by atoms with Gasteiger partial charge in [-0.3, -0.25) is 4.79 Å². The quantitative estimate of drug-likeness (QED) is 0.798. The molecule has 0 aromatic heterocycles. The Morgan fingerprint density at radius 2 is 1.91 bits per heavy atom. The molecule has 0 spiro atoms. The summed E-state index contributed by atoms with van der Waals surface area (Å²) in [6.07, 6.45) is 0.350. The van der Waals surface area contributed by atoms with Gasteiger partial charge < -0.3 is 18.9 Å². The molecule has 0 radical (unpaired) electrons. The molecule has 2 aliphatic heterocycles. The molecule has 1 saturated heterocycles. The lowest BCUT2D eigenvalue weighted by Gasteiger charge is -2.31. The van der Waals surface area contributed by atoms with Gasteiger partial charge >= 0.3 is 0 Å². The van der Waals surface area contributed by atoms with Crippen molar-refractivity contribution in [1.82, 2.24) is 0 Å². The number of fused-ring (bicyclic) bond motifs is 3. The Morgan fingerprint density at radius 1 is 1.18 bits per heavy atom. The van der Waals surface area contributed by atoms with Crippen LogP contribution in [0.1, 0.15) is 36.7 Å². The first-order valence-electron chi connectivity index (χ1n) is 7.68. The summed E-state index contributed by atoms with van der Waals surface area (Å²) in [7, 11) is 0. The first kappa shape index (κ1) is 14.0. The van der Waals surface area contributed by atoms with Crippen molar-refractivity contribution in [3.05, 3.63) is 23.3 Å². The normalized spacial score (nSPS) is 29.4. The third-order valence-electron chi connectivity index (χ3n) is 4.39. The van der Waals surface area contributed by atoms with Gasteiger partial charge in [0.2, 0.25) is 6.79 Å². The average molecular weight is 304 g/mol. The fraction of sp³-hybridized carbons (Fsp3) is 0.588. The largest absolute Gasteiger partial charge is 0.454 e. The fourth-order valence-corrected chi connectivity index (χ4v) is 3.47. The van der Waals surface area contributed by atoms with Gasteiger partial charge in [-0.25, -0.2) is 0 Å². The van der Waals surface area contributed by atoms with Crippen LogP contribution in [0.15, 0.2) is 12.1 Å². The van der Waals surface area contributed by atoms with E-state index in [4.69, 9.17) is 18.9 Å². The molecule has 0 N–H and O–H groups in total. The van der Waals surface area contributed by atoms with Crippen molar-refractivity contribution in [3.8, 4) is 11.5 Å². The monoisotopic (exact) mass is 304 g/mol. The molecule has 0 bridgehead atoms. The minimum atomic E-state index is -0.462. The summed E-state index contributed by atoms with van der Waals surface area (Å²) in [6, 6.07) is 3.74. The van der Waals surface area contributed by atoms with E-state index < -0.39 is 6.29 Å². The van der Waals surface area contributed by atoms with Crippen molar-refractivity contribution in [2.75, 3.05) is 13.4 Å². The van der Waals surface area contributed by atoms with E-state index in [2.05, 4.69) is 0 Å². The molecule has 0 unspecified atom stereocenters. The van der Waals surface area contributed by atoms with E-state index in [9.17, 15) is 4.79 Å². The third-order valence-corrected chi connectivity index (χ3v) is 4.39. The highest BCUT2D eigenvalue weighted by atomic mass is 16.7. The molecular formula is C17H20O5. The Balaban J connectivity index is 1.68. The minimum Gasteiger partial charge on any atom is -0.454 e. The number of hydrogen-bond acceptors (Lipinski definition) is 5. The van der Waals surface area contributed by atoms with Crippen molar-refractivity contribution in [3.63, 3.8) is 0 Å². The molecule has 5 nitrogen and oxygen atoms in total. The molecule has 1 aromatic rings. The SMILES string of the molecule is CC(C)(C)O[C@@H]1OC[C@@H]2Cc3cc4c(cc3C(=O)[C@H]21)OCO4. The second-order valence-electron chi connectivity index (χ2n) is 7.15. The van der Waals surface area contributed by atoms with E-state index in [-0.39, 0.29) is 30.0 Å². The number of hydrogen-bond donors (Lipinski definition) is 0. The molecule has 3 atom stereocenters. The van der Waals surface area contributed by atoms with Crippen LogP contribution in [0.5, 0.6) is 11.5 Å². The molecule has 0 amide bonds. The predicted octanol–water partition coefficient (Wildman–Crippen LogP) is 2.56. The van der Waals surface area contributed by atoms with Crippen molar-refractivity contribution in [2.24, 2.45) is 11.8 Å². The van der Waals surface area contributed by atoms with Crippen molar-refractivity contribution in [1.29, 1.82) is 0 Å². The maximum Gasteiger partial charge on any atom is 0.231 e. The number of ketones is 1. The zero-order valence-corrected chi connectivity index (χ0v) is 13.0. The lowest BCUT2D eigenvalue weighted by molar-refractivity contribution is -0.181. The molecule has 0 saturated carbocycles. The molecule has 118 valence electrons. The first-order chi connectivity index (χ1) is 10.4. The van der Waals surface area contributed by atoms with Crippen LogP contribution >= 0.6 is 0 Å². The number of rotatable bonds is 1. The first-order valence-corrected chi connectivity index (χ1v) is 7.68. The van der Waals surface area contributed by atoms with Gasteiger partial charge in [0.15, 0.2) is 23.6 Å². The summed E-state index contributed by atoms with van der Waals surface area (Å²) in [5, 5.41) is 0. The average Bonchev–Trinajstić information content (AvgIpc) is 3.02. The molecule has 1 aromatic carbocycles. The van der Waals surface area contributed by atoms with E-state index in [0.717, 1.165) is 23.3 Å². The Hall–Kier alpha value is -1.59. The van der Waals surface area contributed by atoms with Gasteiger partial charge in [-0.05, 0) is 44.9 Å². The summed E-state index contributed by atoms with van der Waals surface area (Å²) >= 11 is 0. The molecule has 3 aliphatic rings. The second-order valence-corrected chi connectivity index (χ2v) is 7.15. The van der Waals surface area contributed by atoms with Gasteiger partial charge in [0.25, 0.3) is 0 Å². The molecule has 1 aliphatic carbocycles. The molecule has 4 rings (SSSR count). The van der Waals surface area contributed by atoms with Crippen molar-refractivity contribution < 1.29 is 23.7 Å². The molecule has 5 heteroatoms. The lowest BCUT2D eigenvalue weighted by atomic mass is 9.76. The van der Waals surface area contributed by atoms with Gasteiger partial charge in [-0.1, -0.05) is 0 Å². The zero-order valence-electron chi connectivity index (χ0n) is 13.0. The number of Topliss-reactive ketones (excluding diaryl/α,β-unsaturated/α-hetero) is 1. The smallest absolute Gasteiger partial charge is 0.231 e. The van der Waals surface area contributed by atoms with Crippen LogP contribution in [0.4, 0.5) is 0 Å². The van der Waals surface area contributed by atoms with Crippen LogP contribution in [0.25, 0.3) is 0 Å². The third kappa shape index (κ3) is 2.20. The van der Waals surface area contributed by atoms with Gasteiger partial charge in [-0.2, -0.15) is 0 Å². The van der Waals surface area contributed by atoms with Crippen molar-refractivity contribution in [2.45, 2.75) is 39.1 Å². The van der Waals surface area contributed by atoms with Gasteiger partial charge in [0.1, 0.15) is 0 Å². The van der Waals surface area contributed by atoms with Crippen LogP contribution < -0.4 is 9.47 Å². The summed E-state index contributed by atoms with van der Waals surface area (Å²) < 4.78 is 22.5.